The van der Waals surface area contributed by atoms with Gasteiger partial charge in [-0.3, -0.25) is 9.59 Å². The number of benzene rings is 2. The first kappa shape index (κ1) is 30.2. The maximum absolute atomic E-state index is 14.3. The minimum Gasteiger partial charge on any atom is -0.444 e. The zero-order valence-corrected chi connectivity index (χ0v) is 25.1. The fraction of sp³-hybridized carbons (Fsp3) is 0.531. The van der Waals surface area contributed by atoms with Crippen LogP contribution < -0.4 is 10.6 Å². The van der Waals surface area contributed by atoms with E-state index in [4.69, 9.17) is 4.74 Å². The number of rotatable bonds is 8. The van der Waals surface area contributed by atoms with E-state index in [-0.39, 0.29) is 29.7 Å². The second-order valence-corrected chi connectivity index (χ2v) is 12.4. The van der Waals surface area contributed by atoms with Crippen LogP contribution in [0.25, 0.3) is 0 Å². The molecule has 4 unspecified atom stereocenters. The van der Waals surface area contributed by atoms with Crippen molar-refractivity contribution in [3.8, 4) is 0 Å². The van der Waals surface area contributed by atoms with Gasteiger partial charge in [0.1, 0.15) is 17.7 Å². The third-order valence-corrected chi connectivity index (χ3v) is 7.39. The van der Waals surface area contributed by atoms with Crippen LogP contribution in [0.4, 0.5) is 10.5 Å². The largest absolute Gasteiger partial charge is 0.444 e. The van der Waals surface area contributed by atoms with Gasteiger partial charge in [0.05, 0.1) is 0 Å². The quantitative estimate of drug-likeness (QED) is 0.410. The number of hydrogen-bond donors (Lipinski definition) is 2. The Morgan fingerprint density at radius 1 is 0.949 bits per heavy atom. The molecular weight excluding hydrogens is 490 g/mol. The monoisotopic (exact) mass is 535 g/mol. The molecule has 39 heavy (non-hydrogen) atoms. The number of alkyl carbamates (subject to hydrolysis) is 1. The van der Waals surface area contributed by atoms with E-state index in [0.717, 1.165) is 39.9 Å². The minimum absolute atomic E-state index is 0.116. The van der Waals surface area contributed by atoms with Crippen LogP contribution in [-0.2, 0) is 14.3 Å². The molecular formula is C32H45N3O4. The van der Waals surface area contributed by atoms with E-state index in [0.29, 0.717) is 0 Å². The lowest BCUT2D eigenvalue weighted by molar-refractivity contribution is -0.142. The molecule has 4 atom stereocenters. The Bertz CT molecular complexity index is 1210. The molecule has 0 aromatic heterocycles. The fourth-order valence-electron chi connectivity index (χ4n) is 4.86. The van der Waals surface area contributed by atoms with Crippen LogP contribution >= 0.6 is 0 Å². The number of aryl methyl sites for hydroxylation is 4. The van der Waals surface area contributed by atoms with Gasteiger partial charge in [0, 0.05) is 11.7 Å². The maximum atomic E-state index is 14.3. The average molecular weight is 536 g/mol. The number of ether oxygens (including phenoxy) is 1. The van der Waals surface area contributed by atoms with Gasteiger partial charge in [0.15, 0.2) is 0 Å². The molecule has 0 bridgehead atoms. The molecule has 7 heteroatoms. The Balaban J connectivity index is 2.08. The van der Waals surface area contributed by atoms with E-state index in [2.05, 4.69) is 17.6 Å². The number of anilines is 1. The van der Waals surface area contributed by atoms with Crippen molar-refractivity contribution in [2.75, 3.05) is 5.32 Å². The fourth-order valence-corrected chi connectivity index (χ4v) is 4.86. The highest BCUT2D eigenvalue weighted by Gasteiger charge is 2.48. The molecule has 0 radical (unpaired) electrons. The zero-order valence-electron chi connectivity index (χ0n) is 25.1. The van der Waals surface area contributed by atoms with E-state index in [1.165, 1.54) is 0 Å². The smallest absolute Gasteiger partial charge is 0.408 e. The SMILES string of the molecule is Cc1ccc(C(C(=O)Nc2c(C)cccc2C)N(C(=O)C(NC(=O)OC(C)(C)C)C(C)C)C2CC2C)cc1C. The lowest BCUT2D eigenvalue weighted by Crippen LogP contribution is -2.55. The summed E-state index contributed by atoms with van der Waals surface area (Å²) in [6, 6.07) is 9.94. The van der Waals surface area contributed by atoms with Crippen LogP contribution in [0.5, 0.6) is 0 Å². The molecule has 1 fully saturated rings. The van der Waals surface area contributed by atoms with Crippen molar-refractivity contribution >= 4 is 23.6 Å². The lowest BCUT2D eigenvalue weighted by atomic mass is 9.96. The summed E-state index contributed by atoms with van der Waals surface area (Å²) in [5, 5.41) is 5.94. The number of carbonyl (C=O) groups is 3. The highest BCUT2D eigenvalue weighted by Crippen LogP contribution is 2.41. The van der Waals surface area contributed by atoms with Gasteiger partial charge in [0.2, 0.25) is 5.91 Å². The Hall–Kier alpha value is -3.35. The molecule has 0 aliphatic heterocycles. The first-order valence-electron chi connectivity index (χ1n) is 13.9. The van der Waals surface area contributed by atoms with Gasteiger partial charge in [-0.05, 0) is 94.5 Å². The molecule has 3 rings (SSSR count). The number of para-hydroxylation sites is 1. The van der Waals surface area contributed by atoms with Gasteiger partial charge in [-0.1, -0.05) is 57.2 Å². The summed E-state index contributed by atoms with van der Waals surface area (Å²) in [7, 11) is 0. The molecule has 1 aliphatic carbocycles. The van der Waals surface area contributed by atoms with Crippen LogP contribution in [0.3, 0.4) is 0 Å². The number of hydrogen-bond acceptors (Lipinski definition) is 4. The van der Waals surface area contributed by atoms with Gasteiger partial charge in [0.25, 0.3) is 5.91 Å². The van der Waals surface area contributed by atoms with Crippen LogP contribution in [0.1, 0.15) is 81.8 Å². The predicted octanol–water partition coefficient (Wildman–Crippen LogP) is 6.39. The number of carbonyl (C=O) groups excluding carboxylic acids is 3. The standard InChI is InChI=1S/C32H45N3O4/c1-18(2)26(34-31(38)39-32(8,9)10)30(37)35(25-17-23(25)7)28(24-15-14-19(3)22(6)16-24)29(36)33-27-20(4)12-11-13-21(27)5/h11-16,18,23,25-26,28H,17H2,1-10H3,(H,33,36)(H,34,38). The normalized spacial score (nSPS) is 18.2. The zero-order chi connectivity index (χ0) is 29.2. The van der Waals surface area contributed by atoms with Gasteiger partial charge in [-0.2, -0.15) is 0 Å². The average Bonchev–Trinajstić information content (AvgIpc) is 3.54. The number of amides is 3. The lowest BCUT2D eigenvalue weighted by Gasteiger charge is -2.36. The molecule has 7 nitrogen and oxygen atoms in total. The summed E-state index contributed by atoms with van der Waals surface area (Å²) < 4.78 is 5.47. The molecule has 2 aromatic carbocycles. The van der Waals surface area contributed by atoms with Crippen LogP contribution in [0.2, 0.25) is 0 Å². The Labute approximate surface area is 233 Å². The van der Waals surface area contributed by atoms with Gasteiger partial charge < -0.3 is 20.3 Å². The first-order chi connectivity index (χ1) is 18.1. The first-order valence-corrected chi connectivity index (χ1v) is 13.9. The van der Waals surface area contributed by atoms with Crippen molar-refractivity contribution in [1.29, 1.82) is 0 Å². The van der Waals surface area contributed by atoms with E-state index >= 15 is 0 Å². The van der Waals surface area contributed by atoms with E-state index in [9.17, 15) is 14.4 Å². The summed E-state index contributed by atoms with van der Waals surface area (Å²) in [6.07, 6.45) is 0.141. The van der Waals surface area contributed by atoms with E-state index in [1.807, 2.05) is 77.9 Å². The van der Waals surface area contributed by atoms with Gasteiger partial charge >= 0.3 is 6.09 Å². The van der Waals surface area contributed by atoms with Crippen LogP contribution in [0, 0.1) is 39.5 Å². The molecule has 2 aromatic rings. The summed E-state index contributed by atoms with van der Waals surface area (Å²) >= 11 is 0. The number of nitrogens with one attached hydrogen (secondary N) is 2. The van der Waals surface area contributed by atoms with Crippen molar-refractivity contribution in [3.05, 3.63) is 64.2 Å². The number of nitrogens with zero attached hydrogens (tertiary/aromatic N) is 1. The molecule has 2 N–H and O–H groups in total. The van der Waals surface area contributed by atoms with Crippen molar-refractivity contribution < 1.29 is 19.1 Å². The third-order valence-electron chi connectivity index (χ3n) is 7.39. The summed E-state index contributed by atoms with van der Waals surface area (Å²) in [6.45, 7) is 19.1. The van der Waals surface area contributed by atoms with E-state index in [1.54, 1.807) is 25.7 Å². The topological polar surface area (TPSA) is 87.7 Å². The Morgan fingerprint density at radius 2 is 1.54 bits per heavy atom. The highest BCUT2D eigenvalue weighted by atomic mass is 16.6. The molecule has 0 saturated heterocycles. The molecule has 0 spiro atoms. The Kier molecular flexibility index (Phi) is 9.14. The molecule has 0 heterocycles. The molecule has 212 valence electrons. The third kappa shape index (κ3) is 7.40. The summed E-state index contributed by atoms with van der Waals surface area (Å²) in [5.74, 6) is -0.540. The highest BCUT2D eigenvalue weighted by molar-refractivity contribution is 6.00. The summed E-state index contributed by atoms with van der Waals surface area (Å²) in [5.41, 5.74) is 4.84. The summed E-state index contributed by atoms with van der Waals surface area (Å²) in [4.78, 5) is 43.0. The molecule has 1 aliphatic rings. The predicted molar refractivity (Wildman–Crippen MR) is 156 cm³/mol. The van der Waals surface area contributed by atoms with E-state index < -0.39 is 23.8 Å². The van der Waals surface area contributed by atoms with Crippen molar-refractivity contribution in [1.82, 2.24) is 10.2 Å². The second-order valence-electron chi connectivity index (χ2n) is 12.4. The van der Waals surface area contributed by atoms with Crippen LogP contribution in [-0.4, -0.2) is 40.5 Å². The molecule has 1 saturated carbocycles. The molecule has 3 amide bonds. The minimum atomic E-state index is -0.868. The van der Waals surface area contributed by atoms with Crippen LogP contribution in [0.15, 0.2) is 36.4 Å². The Morgan fingerprint density at radius 3 is 2.03 bits per heavy atom. The van der Waals surface area contributed by atoms with Crippen molar-refractivity contribution in [3.63, 3.8) is 0 Å². The van der Waals surface area contributed by atoms with Gasteiger partial charge in [-0.15, -0.1) is 0 Å². The second kappa shape index (κ2) is 11.8. The van der Waals surface area contributed by atoms with Crippen molar-refractivity contribution in [2.24, 2.45) is 11.8 Å². The van der Waals surface area contributed by atoms with Gasteiger partial charge in [-0.25, -0.2) is 4.79 Å². The maximum Gasteiger partial charge on any atom is 0.408 e. The van der Waals surface area contributed by atoms with Crippen molar-refractivity contribution in [2.45, 2.75) is 99.4 Å².